The van der Waals surface area contributed by atoms with Crippen LogP contribution in [0.5, 0.6) is 5.75 Å². The van der Waals surface area contributed by atoms with Crippen molar-refractivity contribution < 1.29 is 18.7 Å². The van der Waals surface area contributed by atoms with Crippen LogP contribution in [0.25, 0.3) is 11.0 Å². The minimum absolute atomic E-state index is 0.0770. The third kappa shape index (κ3) is 6.16. The van der Waals surface area contributed by atoms with E-state index in [0.717, 1.165) is 0 Å². The van der Waals surface area contributed by atoms with Gasteiger partial charge in [-0.3, -0.25) is 9.59 Å². The van der Waals surface area contributed by atoms with Crippen LogP contribution in [0, 0.1) is 5.82 Å². The zero-order valence-corrected chi connectivity index (χ0v) is 22.0. The number of rotatable bonds is 10. The summed E-state index contributed by atoms with van der Waals surface area (Å²) in [6, 6.07) is 19.4. The molecule has 9 heteroatoms. The molecule has 0 aliphatic carbocycles. The molecule has 198 valence electrons. The molecule has 4 aromatic rings. The van der Waals surface area contributed by atoms with Crippen LogP contribution < -0.4 is 10.1 Å². The van der Waals surface area contributed by atoms with Gasteiger partial charge in [0, 0.05) is 12.1 Å². The van der Waals surface area contributed by atoms with Gasteiger partial charge in [0.1, 0.15) is 29.7 Å². The number of halogens is 1. The van der Waals surface area contributed by atoms with Gasteiger partial charge in [-0.2, -0.15) is 0 Å². The predicted molar refractivity (Wildman–Crippen MR) is 143 cm³/mol. The van der Waals surface area contributed by atoms with Crippen molar-refractivity contribution in [2.45, 2.75) is 51.9 Å². The van der Waals surface area contributed by atoms with Gasteiger partial charge in [-0.25, -0.2) is 9.07 Å². The lowest BCUT2D eigenvalue weighted by molar-refractivity contribution is -0.143. The summed E-state index contributed by atoms with van der Waals surface area (Å²) >= 11 is 0. The number of carbonyl (C=O) groups excluding carboxylic acids is 2. The molecule has 0 saturated carbocycles. The Morgan fingerprint density at radius 2 is 1.82 bits per heavy atom. The molecule has 0 saturated heterocycles. The van der Waals surface area contributed by atoms with Crippen LogP contribution in [0.2, 0.25) is 0 Å². The zero-order chi connectivity index (χ0) is 27.3. The molecule has 38 heavy (non-hydrogen) atoms. The molecule has 1 heterocycles. The maximum absolute atomic E-state index is 14.0. The molecule has 0 bridgehead atoms. The Morgan fingerprint density at radius 3 is 2.53 bits per heavy atom. The first-order valence-corrected chi connectivity index (χ1v) is 12.5. The second kappa shape index (κ2) is 11.4. The van der Waals surface area contributed by atoms with Gasteiger partial charge in [0.2, 0.25) is 11.8 Å². The highest BCUT2D eigenvalue weighted by molar-refractivity contribution is 5.89. The molecule has 3 aromatic carbocycles. The minimum Gasteiger partial charge on any atom is -0.497 e. The Labute approximate surface area is 221 Å². The third-order valence-corrected chi connectivity index (χ3v) is 6.61. The largest absolute Gasteiger partial charge is 0.497 e. The van der Waals surface area contributed by atoms with Gasteiger partial charge in [-0.1, -0.05) is 48.5 Å². The number of nitrogens with one attached hydrogen (secondary N) is 1. The van der Waals surface area contributed by atoms with E-state index in [-0.39, 0.29) is 30.7 Å². The molecule has 4 rings (SSSR count). The van der Waals surface area contributed by atoms with Crippen molar-refractivity contribution in [3.63, 3.8) is 0 Å². The van der Waals surface area contributed by atoms with Crippen LogP contribution in [0.15, 0.2) is 72.8 Å². The van der Waals surface area contributed by atoms with E-state index in [1.165, 1.54) is 21.7 Å². The Kier molecular flexibility index (Phi) is 8.05. The molecule has 0 spiro atoms. The highest BCUT2D eigenvalue weighted by atomic mass is 19.1. The van der Waals surface area contributed by atoms with Crippen LogP contribution in [0.1, 0.15) is 44.4 Å². The van der Waals surface area contributed by atoms with Crippen LogP contribution in [0.3, 0.4) is 0 Å². The van der Waals surface area contributed by atoms with Crippen molar-refractivity contribution in [3.8, 4) is 5.75 Å². The number of hydrogen-bond donors (Lipinski definition) is 1. The van der Waals surface area contributed by atoms with Crippen molar-refractivity contribution in [1.29, 1.82) is 0 Å². The van der Waals surface area contributed by atoms with E-state index in [1.54, 1.807) is 43.5 Å². The summed E-state index contributed by atoms with van der Waals surface area (Å²) in [6.07, 6.45) is 0.695. The van der Waals surface area contributed by atoms with Gasteiger partial charge in [0.15, 0.2) is 0 Å². The Balaban J connectivity index is 1.78. The van der Waals surface area contributed by atoms with E-state index < -0.39 is 11.6 Å². The van der Waals surface area contributed by atoms with E-state index in [0.29, 0.717) is 34.3 Å². The summed E-state index contributed by atoms with van der Waals surface area (Å²) in [5.74, 6) is -0.495. The average molecular weight is 518 g/mol. The molecule has 1 aromatic heterocycles. The van der Waals surface area contributed by atoms with Crippen LogP contribution in [-0.4, -0.2) is 44.4 Å². The summed E-state index contributed by atoms with van der Waals surface area (Å²) in [7, 11) is 1.55. The lowest BCUT2D eigenvalue weighted by atomic mass is 9.98. The molecule has 0 aliphatic heterocycles. The smallest absolute Gasteiger partial charge is 0.247 e. The quantitative estimate of drug-likeness (QED) is 0.331. The number of aromatic nitrogens is 3. The normalized spacial score (nSPS) is 12.2. The molecule has 0 radical (unpaired) electrons. The maximum atomic E-state index is 14.0. The highest BCUT2D eigenvalue weighted by Crippen LogP contribution is 2.28. The Hall–Kier alpha value is -4.27. The molecule has 0 unspecified atom stereocenters. The summed E-state index contributed by atoms with van der Waals surface area (Å²) in [5, 5.41) is 11.4. The van der Waals surface area contributed by atoms with Crippen LogP contribution in [-0.2, 0) is 22.7 Å². The molecular weight excluding hydrogens is 485 g/mol. The highest BCUT2D eigenvalue weighted by Gasteiger charge is 2.34. The SMILES string of the molecule is CCC(C)(C)NC(=O)[C@H](c1cccc(OC)c1)N(Cc1ccc(F)cc1)C(=O)Cn1nnc2ccccc21. The topological polar surface area (TPSA) is 89.4 Å². The van der Waals surface area contributed by atoms with Gasteiger partial charge >= 0.3 is 0 Å². The number of carbonyl (C=O) groups is 2. The van der Waals surface area contributed by atoms with Crippen molar-refractivity contribution in [1.82, 2.24) is 25.2 Å². The number of hydrogen-bond acceptors (Lipinski definition) is 5. The Morgan fingerprint density at radius 1 is 1.08 bits per heavy atom. The van der Waals surface area contributed by atoms with Gasteiger partial charge in [0.05, 0.1) is 12.6 Å². The average Bonchev–Trinajstić information content (AvgIpc) is 3.32. The van der Waals surface area contributed by atoms with Crippen molar-refractivity contribution in [2.75, 3.05) is 7.11 Å². The number of para-hydroxylation sites is 1. The second-order valence-corrected chi connectivity index (χ2v) is 9.79. The van der Waals surface area contributed by atoms with E-state index >= 15 is 0 Å². The van der Waals surface area contributed by atoms with E-state index in [2.05, 4.69) is 15.6 Å². The molecule has 0 fully saturated rings. The molecule has 2 amide bonds. The van der Waals surface area contributed by atoms with Crippen LogP contribution >= 0.6 is 0 Å². The molecule has 8 nitrogen and oxygen atoms in total. The lowest BCUT2D eigenvalue weighted by Gasteiger charge is -2.34. The first-order chi connectivity index (χ1) is 18.2. The van der Waals surface area contributed by atoms with Gasteiger partial charge in [-0.15, -0.1) is 5.10 Å². The second-order valence-electron chi connectivity index (χ2n) is 9.79. The number of amides is 2. The zero-order valence-electron chi connectivity index (χ0n) is 22.0. The van der Waals surface area contributed by atoms with Gasteiger partial charge in [0.25, 0.3) is 0 Å². The first kappa shape index (κ1) is 26.8. The van der Waals surface area contributed by atoms with Crippen molar-refractivity contribution in [3.05, 3.63) is 89.7 Å². The maximum Gasteiger partial charge on any atom is 0.247 e. The Bertz CT molecular complexity index is 1420. The summed E-state index contributed by atoms with van der Waals surface area (Å²) in [5.41, 5.74) is 2.14. The monoisotopic (exact) mass is 517 g/mol. The fraction of sp³-hybridized carbons (Fsp3) is 0.310. The fourth-order valence-electron chi connectivity index (χ4n) is 4.14. The van der Waals surface area contributed by atoms with Gasteiger partial charge < -0.3 is 15.0 Å². The minimum atomic E-state index is -0.983. The summed E-state index contributed by atoms with van der Waals surface area (Å²) in [6.45, 7) is 5.79. The number of methoxy groups -OCH3 is 1. The van der Waals surface area contributed by atoms with E-state index in [9.17, 15) is 14.0 Å². The van der Waals surface area contributed by atoms with E-state index in [1.807, 2.05) is 45.0 Å². The standard InChI is InChI=1S/C29H32FN5O3/c1-5-29(2,3)31-28(37)27(21-9-8-10-23(17-21)38-4)34(18-20-13-15-22(30)16-14-20)26(36)19-35-25-12-7-6-11-24(25)32-33-35/h6-17,27H,5,18-19H2,1-4H3,(H,31,37)/t27-/m0/s1. The summed E-state index contributed by atoms with van der Waals surface area (Å²) in [4.78, 5) is 29.4. The number of nitrogens with zero attached hydrogens (tertiary/aromatic N) is 4. The fourth-order valence-corrected chi connectivity index (χ4v) is 4.14. The lowest BCUT2D eigenvalue weighted by Crippen LogP contribution is -2.50. The molecular formula is C29H32FN5O3. The number of fused-ring (bicyclic) bond motifs is 1. The molecule has 1 atom stereocenters. The third-order valence-electron chi connectivity index (χ3n) is 6.61. The van der Waals surface area contributed by atoms with Crippen molar-refractivity contribution in [2.24, 2.45) is 0 Å². The van der Waals surface area contributed by atoms with Crippen molar-refractivity contribution >= 4 is 22.8 Å². The summed E-state index contributed by atoms with van der Waals surface area (Å²) < 4.78 is 20.6. The van der Waals surface area contributed by atoms with E-state index in [4.69, 9.17) is 4.74 Å². The van der Waals surface area contributed by atoms with Crippen LogP contribution in [0.4, 0.5) is 4.39 Å². The first-order valence-electron chi connectivity index (χ1n) is 12.5. The predicted octanol–water partition coefficient (Wildman–Crippen LogP) is 4.65. The van der Waals surface area contributed by atoms with Gasteiger partial charge in [-0.05, 0) is 67.8 Å². The molecule has 0 aliphatic rings. The number of ether oxygens (including phenoxy) is 1. The number of benzene rings is 3. The molecule has 1 N–H and O–H groups in total.